The summed E-state index contributed by atoms with van der Waals surface area (Å²) in [5.41, 5.74) is 3.67. The molecule has 0 N–H and O–H groups in total. The first-order chi connectivity index (χ1) is 10.8. The lowest BCUT2D eigenvalue weighted by molar-refractivity contribution is 1.66. The van der Waals surface area contributed by atoms with E-state index in [1.54, 1.807) is 0 Å². The third-order valence-corrected chi connectivity index (χ3v) is 4.18. The number of hydrogen-bond acceptors (Lipinski definition) is 0. The molecule has 0 unspecified atom stereocenters. The summed E-state index contributed by atoms with van der Waals surface area (Å²) in [5.74, 6) is 0. The molecule has 0 fully saturated rings. The zero-order valence-electron chi connectivity index (χ0n) is 12.3. The topological polar surface area (TPSA) is 0 Å². The van der Waals surface area contributed by atoms with E-state index < -0.39 is 0 Å². The van der Waals surface area contributed by atoms with E-state index in [1.807, 2.05) is 6.08 Å². The van der Waals surface area contributed by atoms with Crippen LogP contribution in [0.1, 0.15) is 5.56 Å². The minimum absolute atomic E-state index is 1.16. The van der Waals surface area contributed by atoms with Gasteiger partial charge in [0.05, 0.1) is 0 Å². The Morgan fingerprint density at radius 3 is 1.82 bits per heavy atom. The first kappa shape index (κ1) is 12.8. The van der Waals surface area contributed by atoms with Crippen LogP contribution < -0.4 is 0 Å². The predicted octanol–water partition coefficient (Wildman–Crippen LogP) is 6.30. The predicted molar refractivity (Wildman–Crippen MR) is 97.0 cm³/mol. The standard InChI is InChI=1S/C22H16/c1-2-16-7-8-20-15-22(12-11-19(20)13-16)21-10-9-17-5-3-4-6-18(17)14-21/h2-15H,1H2. The molecular formula is C22H16. The molecule has 0 amide bonds. The average Bonchev–Trinajstić information content (AvgIpc) is 2.60. The summed E-state index contributed by atoms with van der Waals surface area (Å²) >= 11 is 0. The smallest absolute Gasteiger partial charge is 0.0177 e. The highest BCUT2D eigenvalue weighted by Crippen LogP contribution is 2.28. The molecule has 104 valence electrons. The molecule has 0 aliphatic rings. The van der Waals surface area contributed by atoms with Crippen LogP contribution in [0.5, 0.6) is 0 Å². The van der Waals surface area contributed by atoms with E-state index in [1.165, 1.54) is 32.7 Å². The number of benzene rings is 4. The molecule has 0 aliphatic carbocycles. The Labute approximate surface area is 130 Å². The highest BCUT2D eigenvalue weighted by Gasteiger charge is 2.02. The molecule has 0 aliphatic heterocycles. The van der Waals surface area contributed by atoms with Crippen LogP contribution in [-0.2, 0) is 0 Å². The largest absolute Gasteiger partial charge is 0.0985 e. The first-order valence-electron chi connectivity index (χ1n) is 7.49. The van der Waals surface area contributed by atoms with Crippen molar-refractivity contribution in [1.29, 1.82) is 0 Å². The molecule has 4 aromatic carbocycles. The Hall–Kier alpha value is -2.86. The van der Waals surface area contributed by atoms with Gasteiger partial charge in [-0.25, -0.2) is 0 Å². The third kappa shape index (κ3) is 2.19. The van der Waals surface area contributed by atoms with Crippen molar-refractivity contribution in [2.75, 3.05) is 0 Å². The van der Waals surface area contributed by atoms with Crippen LogP contribution in [0.3, 0.4) is 0 Å². The van der Waals surface area contributed by atoms with Crippen molar-refractivity contribution in [3.8, 4) is 11.1 Å². The lowest BCUT2D eigenvalue weighted by Gasteiger charge is -2.07. The second-order valence-electron chi connectivity index (χ2n) is 5.59. The van der Waals surface area contributed by atoms with Crippen LogP contribution >= 0.6 is 0 Å². The second kappa shape index (κ2) is 5.16. The molecule has 0 saturated carbocycles. The fourth-order valence-electron chi connectivity index (χ4n) is 2.94. The Morgan fingerprint density at radius 1 is 0.545 bits per heavy atom. The van der Waals surface area contributed by atoms with Gasteiger partial charge in [-0.05, 0) is 56.4 Å². The van der Waals surface area contributed by atoms with E-state index in [-0.39, 0.29) is 0 Å². The molecule has 0 nitrogen and oxygen atoms in total. The Morgan fingerprint density at radius 2 is 1.09 bits per heavy atom. The molecular weight excluding hydrogens is 264 g/mol. The number of hydrogen-bond donors (Lipinski definition) is 0. The van der Waals surface area contributed by atoms with Crippen molar-refractivity contribution in [3.63, 3.8) is 0 Å². The maximum atomic E-state index is 3.83. The summed E-state index contributed by atoms with van der Waals surface area (Å²) < 4.78 is 0. The zero-order valence-corrected chi connectivity index (χ0v) is 12.3. The van der Waals surface area contributed by atoms with Crippen LogP contribution in [0.4, 0.5) is 0 Å². The van der Waals surface area contributed by atoms with Gasteiger partial charge in [0.15, 0.2) is 0 Å². The van der Waals surface area contributed by atoms with E-state index in [9.17, 15) is 0 Å². The summed E-state index contributed by atoms with van der Waals surface area (Å²) in [6.45, 7) is 3.83. The molecule has 0 atom stereocenters. The SMILES string of the molecule is C=Cc1ccc2cc(-c3ccc4ccccc4c3)ccc2c1. The van der Waals surface area contributed by atoms with E-state index in [0.29, 0.717) is 0 Å². The fourth-order valence-corrected chi connectivity index (χ4v) is 2.94. The van der Waals surface area contributed by atoms with Gasteiger partial charge >= 0.3 is 0 Å². The molecule has 0 heteroatoms. The minimum atomic E-state index is 1.16. The zero-order chi connectivity index (χ0) is 14.9. The molecule has 0 heterocycles. The van der Waals surface area contributed by atoms with Gasteiger partial charge < -0.3 is 0 Å². The molecule has 4 rings (SSSR count). The molecule has 0 radical (unpaired) electrons. The fraction of sp³-hybridized carbons (Fsp3) is 0. The van der Waals surface area contributed by atoms with Crippen molar-refractivity contribution in [3.05, 3.63) is 91.0 Å². The average molecular weight is 280 g/mol. The summed E-state index contributed by atoms with van der Waals surface area (Å²) in [4.78, 5) is 0. The molecule has 4 aromatic rings. The van der Waals surface area contributed by atoms with E-state index in [2.05, 4.69) is 85.4 Å². The number of fused-ring (bicyclic) bond motifs is 2. The highest BCUT2D eigenvalue weighted by molar-refractivity contribution is 5.92. The summed E-state index contributed by atoms with van der Waals surface area (Å²) in [5, 5.41) is 5.07. The van der Waals surface area contributed by atoms with Crippen molar-refractivity contribution in [2.24, 2.45) is 0 Å². The number of rotatable bonds is 2. The van der Waals surface area contributed by atoms with Gasteiger partial charge in [-0.15, -0.1) is 0 Å². The van der Waals surface area contributed by atoms with Gasteiger partial charge in [-0.2, -0.15) is 0 Å². The normalized spacial score (nSPS) is 10.9. The van der Waals surface area contributed by atoms with Gasteiger partial charge in [0.25, 0.3) is 0 Å². The molecule has 22 heavy (non-hydrogen) atoms. The van der Waals surface area contributed by atoms with Crippen molar-refractivity contribution in [1.82, 2.24) is 0 Å². The Bertz CT molecular complexity index is 993. The lowest BCUT2D eigenvalue weighted by atomic mass is 9.98. The maximum Gasteiger partial charge on any atom is -0.0177 e. The van der Waals surface area contributed by atoms with E-state index in [4.69, 9.17) is 0 Å². The van der Waals surface area contributed by atoms with Gasteiger partial charge in [0, 0.05) is 0 Å². The summed E-state index contributed by atoms with van der Waals surface area (Å²) in [6, 6.07) is 28.2. The van der Waals surface area contributed by atoms with Gasteiger partial charge in [0.2, 0.25) is 0 Å². The van der Waals surface area contributed by atoms with Crippen LogP contribution in [-0.4, -0.2) is 0 Å². The molecule has 0 bridgehead atoms. The van der Waals surface area contributed by atoms with Crippen LogP contribution in [0.15, 0.2) is 85.4 Å². The van der Waals surface area contributed by atoms with Gasteiger partial charge in [0.1, 0.15) is 0 Å². The maximum absolute atomic E-state index is 3.83. The van der Waals surface area contributed by atoms with E-state index in [0.717, 1.165) is 5.56 Å². The summed E-state index contributed by atoms with van der Waals surface area (Å²) in [6.07, 6.45) is 1.89. The van der Waals surface area contributed by atoms with Crippen molar-refractivity contribution >= 4 is 27.6 Å². The van der Waals surface area contributed by atoms with Crippen molar-refractivity contribution in [2.45, 2.75) is 0 Å². The van der Waals surface area contributed by atoms with Crippen molar-refractivity contribution < 1.29 is 0 Å². The highest BCUT2D eigenvalue weighted by atomic mass is 14.1. The van der Waals surface area contributed by atoms with Crippen LogP contribution in [0, 0.1) is 0 Å². The molecule has 0 spiro atoms. The van der Waals surface area contributed by atoms with Gasteiger partial charge in [-0.1, -0.05) is 73.3 Å². The van der Waals surface area contributed by atoms with Crippen LogP contribution in [0.25, 0.3) is 38.7 Å². The summed E-state index contributed by atoms with van der Waals surface area (Å²) in [7, 11) is 0. The lowest BCUT2D eigenvalue weighted by Crippen LogP contribution is -1.81. The third-order valence-electron chi connectivity index (χ3n) is 4.18. The monoisotopic (exact) mass is 280 g/mol. The quantitative estimate of drug-likeness (QED) is 0.404. The minimum Gasteiger partial charge on any atom is -0.0985 e. The Kier molecular flexibility index (Phi) is 3.01. The van der Waals surface area contributed by atoms with Gasteiger partial charge in [-0.3, -0.25) is 0 Å². The Balaban J connectivity index is 1.86. The first-order valence-corrected chi connectivity index (χ1v) is 7.49. The molecule has 0 saturated heterocycles. The van der Waals surface area contributed by atoms with Crippen LogP contribution in [0.2, 0.25) is 0 Å². The van der Waals surface area contributed by atoms with E-state index >= 15 is 0 Å². The second-order valence-corrected chi connectivity index (χ2v) is 5.59. The molecule has 0 aromatic heterocycles.